The summed E-state index contributed by atoms with van der Waals surface area (Å²) in [7, 11) is 0. The minimum Gasteiger partial charge on any atom is -0.458 e. The van der Waals surface area contributed by atoms with Gasteiger partial charge in [0, 0.05) is 56.2 Å². The highest BCUT2D eigenvalue weighted by Crippen LogP contribution is 2.46. The zero-order chi connectivity index (χ0) is 33.9. The van der Waals surface area contributed by atoms with Gasteiger partial charge in [0.25, 0.3) is 6.71 Å². The molecule has 0 fully saturated rings. The third-order valence-corrected chi connectivity index (χ3v) is 10.1. The predicted octanol–water partition coefficient (Wildman–Crippen LogP) is 7.35. The van der Waals surface area contributed by atoms with Gasteiger partial charge in [-0.25, -0.2) is 24.9 Å². The maximum absolute atomic E-state index is 6.80. The van der Waals surface area contributed by atoms with E-state index in [0.29, 0.717) is 51.8 Å². The Hall–Kier alpha value is -7.20. The average molecular weight is 668 g/mol. The van der Waals surface area contributed by atoms with Gasteiger partial charge in [0.2, 0.25) is 0 Å². The first-order valence-corrected chi connectivity index (χ1v) is 16.9. The largest absolute Gasteiger partial charge is 0.458 e. The summed E-state index contributed by atoms with van der Waals surface area (Å²) in [5.74, 6) is 5.22. The molecule has 240 valence electrons. The van der Waals surface area contributed by atoms with Crippen LogP contribution in [0, 0.1) is 0 Å². The van der Waals surface area contributed by atoms with Crippen molar-refractivity contribution in [2.24, 2.45) is 0 Å². The van der Waals surface area contributed by atoms with E-state index in [1.54, 1.807) is 6.20 Å². The van der Waals surface area contributed by atoms with Gasteiger partial charge in [0.15, 0.2) is 11.6 Å². The van der Waals surface area contributed by atoms with Crippen LogP contribution in [0.4, 0.5) is 0 Å². The van der Waals surface area contributed by atoms with Gasteiger partial charge in [0.1, 0.15) is 34.5 Å². The molecular formula is C42H21BN6O3. The van der Waals surface area contributed by atoms with Crippen LogP contribution >= 0.6 is 0 Å². The highest BCUT2D eigenvalue weighted by molar-refractivity contribution is 6.99. The van der Waals surface area contributed by atoms with Gasteiger partial charge in [-0.3, -0.25) is 4.98 Å². The van der Waals surface area contributed by atoms with Crippen LogP contribution in [-0.2, 0) is 0 Å². The molecule has 3 aliphatic heterocycles. The number of benzene rings is 6. The van der Waals surface area contributed by atoms with E-state index in [1.807, 2.05) is 122 Å². The lowest BCUT2D eigenvalue weighted by molar-refractivity contribution is 0.443. The van der Waals surface area contributed by atoms with Crippen molar-refractivity contribution >= 4 is 55.9 Å². The van der Waals surface area contributed by atoms with Crippen molar-refractivity contribution in [1.82, 2.24) is 29.9 Å². The smallest absolute Gasteiger partial charge is 0.270 e. The van der Waals surface area contributed by atoms with E-state index in [2.05, 4.69) is 0 Å². The third-order valence-electron chi connectivity index (χ3n) is 10.1. The number of nitrogens with zero attached hydrogens (tertiary/aromatic N) is 6. The quantitative estimate of drug-likeness (QED) is 0.179. The molecule has 0 bridgehead atoms. The van der Waals surface area contributed by atoms with Crippen LogP contribution < -0.4 is 30.6 Å². The molecule has 52 heavy (non-hydrogen) atoms. The summed E-state index contributed by atoms with van der Waals surface area (Å²) in [6.07, 6.45) is 5.48. The summed E-state index contributed by atoms with van der Waals surface area (Å²) in [5.41, 5.74) is 9.26. The highest BCUT2D eigenvalue weighted by Gasteiger charge is 2.47. The monoisotopic (exact) mass is 668 g/mol. The molecule has 9 nitrogen and oxygen atoms in total. The fourth-order valence-electron chi connectivity index (χ4n) is 7.68. The fraction of sp³-hybridized carbons (Fsp3) is 0. The van der Waals surface area contributed by atoms with Crippen LogP contribution in [0.5, 0.6) is 34.5 Å². The van der Waals surface area contributed by atoms with Crippen LogP contribution in [0.15, 0.2) is 128 Å². The number of ether oxygens (including phenoxy) is 3. The van der Waals surface area contributed by atoms with Gasteiger partial charge in [-0.05, 0) is 60.7 Å². The van der Waals surface area contributed by atoms with Crippen molar-refractivity contribution in [2.45, 2.75) is 0 Å². The van der Waals surface area contributed by atoms with Gasteiger partial charge in [-0.1, -0.05) is 48.5 Å². The maximum Gasteiger partial charge on any atom is 0.270 e. The summed E-state index contributed by atoms with van der Waals surface area (Å²) >= 11 is 0. The number of hydrogen-bond donors (Lipinski definition) is 0. The maximum atomic E-state index is 6.80. The Bertz CT molecular complexity index is 2650. The standard InChI is InChI=1S/C42H21BN6O3/c1-3-9-27-22(7-1)19-45-41(48-27)25-15-34-39-36(17-25)52-37-18-26(42-46-20-23-8-2-4-10-28(23)49-42)16-35-40(37)43(39)38-32(50-34)13-24(14-33(38)51-35)31-21-44-29-11-5-6-12-30(29)47-31/h1-21H. The van der Waals surface area contributed by atoms with E-state index in [1.165, 1.54) is 0 Å². The first-order valence-electron chi connectivity index (χ1n) is 16.9. The summed E-state index contributed by atoms with van der Waals surface area (Å²) in [5, 5.41) is 1.94. The SMILES string of the molecule is c1ccc2nc(-c3cc4c5c(c3)Oc3cc(-c6ncc7ccccc7n6)cc6c3B5c3c(cc(-c5cnc7ccccc7n5)cc3O6)O4)ncc2c1. The number of hydrogen-bond acceptors (Lipinski definition) is 9. The molecular weight excluding hydrogens is 647 g/mol. The number of rotatable bonds is 3. The Kier molecular flexibility index (Phi) is 5.40. The molecule has 0 radical (unpaired) electrons. The first kappa shape index (κ1) is 27.6. The molecule has 0 N–H and O–H groups in total. The third kappa shape index (κ3) is 4.00. The molecule has 6 aromatic carbocycles. The summed E-state index contributed by atoms with van der Waals surface area (Å²) in [6.45, 7) is -0.203. The molecule has 0 saturated heterocycles. The zero-order valence-corrected chi connectivity index (χ0v) is 27.1. The molecule has 0 unspecified atom stereocenters. The Morgan fingerprint density at radius 1 is 0.385 bits per heavy atom. The molecule has 0 spiro atoms. The van der Waals surface area contributed by atoms with Gasteiger partial charge in [-0.2, -0.15) is 0 Å². The van der Waals surface area contributed by atoms with E-state index >= 15 is 0 Å². The van der Waals surface area contributed by atoms with Crippen molar-refractivity contribution in [3.05, 3.63) is 128 Å². The minimum atomic E-state index is -0.203. The number of aromatic nitrogens is 6. The topological polar surface area (TPSA) is 105 Å². The van der Waals surface area contributed by atoms with Gasteiger partial charge in [0.05, 0.1) is 34.0 Å². The van der Waals surface area contributed by atoms with Crippen molar-refractivity contribution < 1.29 is 14.2 Å². The van der Waals surface area contributed by atoms with Crippen LogP contribution in [0.25, 0.3) is 66.9 Å². The molecule has 6 heterocycles. The van der Waals surface area contributed by atoms with E-state index < -0.39 is 0 Å². The first-order chi connectivity index (χ1) is 25.7. The van der Waals surface area contributed by atoms with Crippen LogP contribution in [-0.4, -0.2) is 36.6 Å². The second kappa shape index (κ2) is 10.2. The Balaban J connectivity index is 1.08. The van der Waals surface area contributed by atoms with Crippen molar-refractivity contribution in [3.8, 4) is 68.5 Å². The normalized spacial score (nSPS) is 13.0. The molecule has 10 heteroatoms. The molecule has 0 atom stereocenters. The summed E-state index contributed by atoms with van der Waals surface area (Å²) in [4.78, 5) is 28.9. The predicted molar refractivity (Wildman–Crippen MR) is 200 cm³/mol. The summed E-state index contributed by atoms with van der Waals surface area (Å²) in [6, 6.07) is 35.8. The van der Waals surface area contributed by atoms with Crippen LogP contribution in [0.1, 0.15) is 0 Å². The van der Waals surface area contributed by atoms with E-state index in [0.717, 1.165) is 65.9 Å². The van der Waals surface area contributed by atoms with E-state index in [9.17, 15) is 0 Å². The Morgan fingerprint density at radius 2 is 0.808 bits per heavy atom. The van der Waals surface area contributed by atoms with Crippen molar-refractivity contribution in [3.63, 3.8) is 0 Å². The molecule has 0 amide bonds. The average Bonchev–Trinajstić information content (AvgIpc) is 3.19. The minimum absolute atomic E-state index is 0.203. The molecule has 0 saturated carbocycles. The molecule has 9 aromatic rings. The zero-order valence-electron chi connectivity index (χ0n) is 27.1. The lowest BCUT2D eigenvalue weighted by atomic mass is 9.33. The highest BCUT2D eigenvalue weighted by atomic mass is 16.5. The van der Waals surface area contributed by atoms with Crippen molar-refractivity contribution in [2.75, 3.05) is 0 Å². The molecule has 3 aromatic heterocycles. The van der Waals surface area contributed by atoms with Gasteiger partial charge < -0.3 is 14.2 Å². The van der Waals surface area contributed by atoms with Gasteiger partial charge >= 0.3 is 0 Å². The fourth-order valence-corrected chi connectivity index (χ4v) is 7.68. The molecule has 12 rings (SSSR count). The van der Waals surface area contributed by atoms with Crippen molar-refractivity contribution in [1.29, 1.82) is 0 Å². The summed E-state index contributed by atoms with van der Waals surface area (Å²) < 4.78 is 20.4. The second-order valence-corrected chi connectivity index (χ2v) is 13.1. The van der Waals surface area contributed by atoms with E-state index in [4.69, 9.17) is 44.1 Å². The Morgan fingerprint density at radius 3 is 1.31 bits per heavy atom. The lowest BCUT2D eigenvalue weighted by Gasteiger charge is -2.38. The van der Waals surface area contributed by atoms with Gasteiger partial charge in [-0.15, -0.1) is 0 Å². The van der Waals surface area contributed by atoms with Crippen LogP contribution in [0.3, 0.4) is 0 Å². The molecule has 3 aliphatic rings. The number of para-hydroxylation sites is 4. The second-order valence-electron chi connectivity index (χ2n) is 13.1. The van der Waals surface area contributed by atoms with E-state index in [-0.39, 0.29) is 6.71 Å². The lowest BCUT2D eigenvalue weighted by Crippen LogP contribution is -2.59. The Labute approximate surface area is 295 Å². The van der Waals surface area contributed by atoms with Crippen LogP contribution in [0.2, 0.25) is 0 Å². The molecule has 0 aliphatic carbocycles. The number of fused-ring (bicyclic) bond motifs is 3.